The molecule has 0 saturated carbocycles. The third-order valence-electron chi connectivity index (χ3n) is 6.46. The molecule has 1 unspecified atom stereocenters. The lowest BCUT2D eigenvalue weighted by molar-refractivity contribution is 0.0551. The number of aromatic nitrogens is 3. The Morgan fingerprint density at radius 3 is 2.64 bits per heavy atom. The Labute approximate surface area is 214 Å². The lowest BCUT2D eigenvalue weighted by Crippen LogP contribution is -2.35. The predicted octanol–water partition coefficient (Wildman–Crippen LogP) is 6.28. The molecule has 0 amide bonds. The molecule has 2 aliphatic carbocycles. The molecule has 0 bridgehead atoms. The summed E-state index contributed by atoms with van der Waals surface area (Å²) in [6, 6.07) is 9.72. The molecule has 7 nitrogen and oxygen atoms in total. The quantitative estimate of drug-likeness (QED) is 0.428. The number of allylic oxidation sites excluding steroid dienone is 6. The summed E-state index contributed by atoms with van der Waals surface area (Å²) in [7, 11) is 0. The van der Waals surface area contributed by atoms with Crippen molar-refractivity contribution in [3.63, 3.8) is 0 Å². The van der Waals surface area contributed by atoms with Crippen LogP contribution < -0.4 is 9.47 Å². The van der Waals surface area contributed by atoms with E-state index in [2.05, 4.69) is 45.2 Å². The molecule has 6 rings (SSSR count). The number of nitrogens with zero attached hydrogens (tertiary/aromatic N) is 3. The van der Waals surface area contributed by atoms with Crippen molar-refractivity contribution < 1.29 is 14.2 Å². The van der Waals surface area contributed by atoms with E-state index in [1.807, 2.05) is 36.4 Å². The molecule has 184 valence electrons. The lowest BCUT2D eigenvalue weighted by atomic mass is 9.95. The van der Waals surface area contributed by atoms with E-state index in [1.54, 1.807) is 0 Å². The summed E-state index contributed by atoms with van der Waals surface area (Å²) in [4.78, 5) is 14.9. The van der Waals surface area contributed by atoms with Crippen LogP contribution >= 0.6 is 11.6 Å². The van der Waals surface area contributed by atoms with E-state index < -0.39 is 0 Å². The van der Waals surface area contributed by atoms with Crippen molar-refractivity contribution in [1.29, 1.82) is 0 Å². The molecule has 3 aliphatic rings. The third-order valence-corrected chi connectivity index (χ3v) is 6.76. The summed E-state index contributed by atoms with van der Waals surface area (Å²) >= 11 is 6.64. The number of pyridine rings is 1. The van der Waals surface area contributed by atoms with Crippen LogP contribution in [0.5, 0.6) is 17.5 Å². The Balaban J connectivity index is 1.17. The van der Waals surface area contributed by atoms with Gasteiger partial charge in [0.05, 0.1) is 29.4 Å². The van der Waals surface area contributed by atoms with Gasteiger partial charge in [-0.3, -0.25) is 0 Å². The van der Waals surface area contributed by atoms with E-state index in [9.17, 15) is 0 Å². The zero-order valence-corrected chi connectivity index (χ0v) is 20.6. The Hall–Kier alpha value is -3.55. The maximum absolute atomic E-state index is 6.64. The van der Waals surface area contributed by atoms with E-state index in [4.69, 9.17) is 30.8 Å². The molecule has 3 heterocycles. The zero-order chi connectivity index (χ0) is 24.3. The second kappa shape index (κ2) is 10.2. The van der Waals surface area contributed by atoms with Crippen molar-refractivity contribution in [2.75, 3.05) is 26.3 Å². The van der Waals surface area contributed by atoms with Gasteiger partial charge in [0, 0.05) is 30.8 Å². The summed E-state index contributed by atoms with van der Waals surface area (Å²) in [5.74, 6) is 2.27. The van der Waals surface area contributed by atoms with Gasteiger partial charge in [0.15, 0.2) is 5.65 Å². The normalized spacial score (nSPS) is 19.8. The van der Waals surface area contributed by atoms with Crippen LogP contribution in [0.4, 0.5) is 0 Å². The van der Waals surface area contributed by atoms with Crippen molar-refractivity contribution in [1.82, 2.24) is 19.9 Å². The van der Waals surface area contributed by atoms with Crippen LogP contribution in [0.2, 0.25) is 5.02 Å². The fourth-order valence-electron chi connectivity index (χ4n) is 4.60. The van der Waals surface area contributed by atoms with E-state index in [0.29, 0.717) is 28.2 Å². The number of ether oxygens (including phenoxy) is 3. The first-order chi connectivity index (χ1) is 17.7. The molecular formula is C28H27ClN4O3. The number of nitrogens with one attached hydrogen (secondary N) is 1. The maximum atomic E-state index is 6.64. The van der Waals surface area contributed by atoms with E-state index in [0.717, 1.165) is 62.5 Å². The molecule has 36 heavy (non-hydrogen) atoms. The number of halogens is 1. The van der Waals surface area contributed by atoms with Crippen molar-refractivity contribution in [2.24, 2.45) is 0 Å². The molecular weight excluding hydrogens is 476 g/mol. The van der Waals surface area contributed by atoms with Crippen molar-refractivity contribution in [3.8, 4) is 17.5 Å². The molecule has 1 N–H and O–H groups in total. The van der Waals surface area contributed by atoms with E-state index in [-0.39, 0.29) is 5.92 Å². The lowest BCUT2D eigenvalue weighted by Gasteiger charge is -2.31. The summed E-state index contributed by atoms with van der Waals surface area (Å²) < 4.78 is 17.4. The predicted molar refractivity (Wildman–Crippen MR) is 139 cm³/mol. The first kappa shape index (κ1) is 22.9. The van der Waals surface area contributed by atoms with Crippen LogP contribution in [0.25, 0.3) is 11.2 Å². The van der Waals surface area contributed by atoms with Crippen LogP contribution in [-0.2, 0) is 4.74 Å². The van der Waals surface area contributed by atoms with Crippen molar-refractivity contribution in [2.45, 2.75) is 25.2 Å². The number of hydrogen-bond acceptors (Lipinski definition) is 6. The highest BCUT2D eigenvalue weighted by Crippen LogP contribution is 2.34. The molecule has 2 aromatic heterocycles. The first-order valence-electron chi connectivity index (χ1n) is 12.3. The Kier molecular flexibility index (Phi) is 6.49. The highest BCUT2D eigenvalue weighted by molar-refractivity contribution is 6.31. The van der Waals surface area contributed by atoms with Gasteiger partial charge in [0.25, 0.3) is 0 Å². The third kappa shape index (κ3) is 5.03. The van der Waals surface area contributed by atoms with E-state index in [1.165, 1.54) is 5.70 Å². The van der Waals surface area contributed by atoms with Gasteiger partial charge in [-0.05, 0) is 55.7 Å². The second-order valence-corrected chi connectivity index (χ2v) is 9.37. The smallest absolute Gasteiger partial charge is 0.301 e. The minimum Gasteiger partial charge on any atom is -0.458 e. The largest absolute Gasteiger partial charge is 0.458 e. The number of H-pyrrole nitrogens is 1. The number of rotatable bonds is 6. The summed E-state index contributed by atoms with van der Waals surface area (Å²) in [6.07, 6.45) is 15.7. The molecule has 8 heteroatoms. The summed E-state index contributed by atoms with van der Waals surface area (Å²) in [6.45, 7) is 3.39. The number of aromatic amines is 1. The average Bonchev–Trinajstić information content (AvgIpc) is 3.30. The SMILES string of the molecule is Clc1cc2[nH]c(Oc3cccc(OC4=CCCC=C4)c3)nc2nc1C1C=CC(N2CCOCC2)=CC1. The second-order valence-electron chi connectivity index (χ2n) is 8.96. The van der Waals surface area contributed by atoms with Gasteiger partial charge in [-0.25, -0.2) is 4.98 Å². The van der Waals surface area contributed by atoms with Gasteiger partial charge < -0.3 is 24.1 Å². The molecule has 0 spiro atoms. The van der Waals surface area contributed by atoms with Crippen molar-refractivity contribution >= 4 is 22.8 Å². The molecule has 3 aromatic rings. The standard InChI is InChI=1S/C28H27ClN4O3/c29-24-18-25-27(31-26(24)19-9-11-20(12-10-19)33-13-15-34-16-14-33)32-28(30-25)36-23-8-4-7-22(17-23)35-21-5-2-1-3-6-21/h2,4-9,11-12,17-19H,1,3,10,13-16H2,(H,30,31,32). The minimum absolute atomic E-state index is 0.102. The molecule has 1 aliphatic heterocycles. The fourth-order valence-corrected chi connectivity index (χ4v) is 4.89. The Bertz CT molecular complexity index is 1380. The van der Waals surface area contributed by atoms with Gasteiger partial charge in [-0.1, -0.05) is 35.9 Å². The first-order valence-corrected chi connectivity index (χ1v) is 12.7. The van der Waals surface area contributed by atoms with Crippen LogP contribution in [-0.4, -0.2) is 46.2 Å². The minimum atomic E-state index is 0.102. The molecule has 1 atom stereocenters. The van der Waals surface area contributed by atoms with Gasteiger partial charge in [-0.2, -0.15) is 4.98 Å². The number of fused-ring (bicyclic) bond motifs is 1. The maximum Gasteiger partial charge on any atom is 0.301 e. The van der Waals surface area contributed by atoms with Crippen LogP contribution in [0, 0.1) is 0 Å². The van der Waals surface area contributed by atoms with Gasteiger partial charge >= 0.3 is 6.01 Å². The Morgan fingerprint density at radius 1 is 1.00 bits per heavy atom. The van der Waals surface area contributed by atoms with Gasteiger partial charge in [0.2, 0.25) is 0 Å². The van der Waals surface area contributed by atoms with Gasteiger partial charge in [0.1, 0.15) is 17.3 Å². The average molecular weight is 503 g/mol. The highest BCUT2D eigenvalue weighted by atomic mass is 35.5. The van der Waals surface area contributed by atoms with Gasteiger partial charge in [-0.15, -0.1) is 0 Å². The van der Waals surface area contributed by atoms with Crippen LogP contribution in [0.3, 0.4) is 0 Å². The molecule has 1 fully saturated rings. The zero-order valence-electron chi connectivity index (χ0n) is 19.8. The number of imidazole rings is 1. The molecule has 1 saturated heterocycles. The van der Waals surface area contributed by atoms with E-state index >= 15 is 0 Å². The van der Waals surface area contributed by atoms with Crippen LogP contribution in [0.15, 0.2) is 78.2 Å². The number of benzene rings is 1. The highest BCUT2D eigenvalue weighted by Gasteiger charge is 2.21. The fraction of sp³-hybridized carbons (Fsp3) is 0.286. The van der Waals surface area contributed by atoms with Crippen molar-refractivity contribution in [3.05, 3.63) is 89.0 Å². The summed E-state index contributed by atoms with van der Waals surface area (Å²) in [5.41, 5.74) is 3.36. The monoisotopic (exact) mass is 502 g/mol. The number of morpholine rings is 1. The van der Waals surface area contributed by atoms with Crippen LogP contribution in [0.1, 0.15) is 30.9 Å². The molecule has 1 aromatic carbocycles. The number of hydrogen-bond donors (Lipinski definition) is 1. The molecule has 0 radical (unpaired) electrons. The topological polar surface area (TPSA) is 72.5 Å². The Morgan fingerprint density at radius 2 is 1.86 bits per heavy atom. The summed E-state index contributed by atoms with van der Waals surface area (Å²) in [5, 5.41) is 0.611.